The van der Waals surface area contributed by atoms with Crippen LogP contribution in [0.25, 0.3) is 0 Å². The van der Waals surface area contributed by atoms with Crippen LogP contribution in [0.15, 0.2) is 0 Å². The minimum atomic E-state index is -1.52. The first-order valence-corrected chi connectivity index (χ1v) is 13.1. The second kappa shape index (κ2) is 16.4. The highest BCUT2D eigenvalue weighted by molar-refractivity contribution is 5.89. The molecule has 0 aromatic rings. The van der Waals surface area contributed by atoms with Gasteiger partial charge >= 0.3 is 11.9 Å². The zero-order valence-corrected chi connectivity index (χ0v) is 21.8. The molecule has 2 unspecified atom stereocenters. The maximum Gasteiger partial charge on any atom is 0.366 e. The van der Waals surface area contributed by atoms with E-state index in [0.29, 0.717) is 19.3 Å². The fourth-order valence-electron chi connectivity index (χ4n) is 5.53. The molecule has 0 rings (SSSR count). The molecule has 0 aliphatic heterocycles. The van der Waals surface area contributed by atoms with Crippen molar-refractivity contribution in [1.29, 1.82) is 0 Å². The van der Waals surface area contributed by atoms with Crippen molar-refractivity contribution in [3.05, 3.63) is 0 Å². The number of unbranched alkanes of at least 4 members (excludes halogenated alkanes) is 10. The monoisotopic (exact) mass is 474 g/mol. The van der Waals surface area contributed by atoms with Crippen molar-refractivity contribution in [2.24, 2.45) is 5.41 Å². The molecular formula is C26H52NO6+. The minimum absolute atomic E-state index is 0.00336. The number of nitrogens with zero attached hydrogens (tertiary/aromatic N) is 1. The zero-order valence-electron chi connectivity index (χ0n) is 21.8. The third-order valence-corrected chi connectivity index (χ3v) is 7.37. The molecule has 0 heterocycles. The molecule has 0 radical (unpaired) electrons. The summed E-state index contributed by atoms with van der Waals surface area (Å²) in [6.07, 6.45) is 12.9. The van der Waals surface area contributed by atoms with Gasteiger partial charge in [-0.05, 0) is 38.5 Å². The number of aliphatic carboxylic acids is 2. The number of hydrogen-bond acceptors (Lipinski definition) is 4. The highest BCUT2D eigenvalue weighted by Crippen LogP contribution is 2.50. The third-order valence-electron chi connectivity index (χ3n) is 7.37. The molecule has 196 valence electrons. The number of hydrogen-bond donors (Lipinski definition) is 4. The van der Waals surface area contributed by atoms with Gasteiger partial charge in [0.2, 0.25) is 5.54 Å². The summed E-state index contributed by atoms with van der Waals surface area (Å²) in [6.45, 7) is 1.97. The molecule has 7 heteroatoms. The minimum Gasteiger partial charge on any atom is -0.481 e. The van der Waals surface area contributed by atoms with E-state index in [1.54, 1.807) is 21.1 Å². The van der Waals surface area contributed by atoms with Crippen molar-refractivity contribution in [3.8, 4) is 0 Å². The molecule has 0 saturated carbocycles. The molecule has 33 heavy (non-hydrogen) atoms. The summed E-state index contributed by atoms with van der Waals surface area (Å²) in [4.78, 5) is 25.7. The fraction of sp³-hybridized carbons (Fsp3) is 0.923. The smallest absolute Gasteiger partial charge is 0.366 e. The Balaban J connectivity index is 5.54. The molecule has 0 aliphatic rings. The van der Waals surface area contributed by atoms with Gasteiger partial charge in [0.25, 0.3) is 0 Å². The summed E-state index contributed by atoms with van der Waals surface area (Å²) in [5.74, 6) is -2.20. The highest BCUT2D eigenvalue weighted by atomic mass is 16.4. The van der Waals surface area contributed by atoms with E-state index in [1.807, 2.05) is 0 Å². The molecule has 0 bridgehead atoms. The van der Waals surface area contributed by atoms with Crippen LogP contribution in [0.1, 0.15) is 110 Å². The van der Waals surface area contributed by atoms with E-state index in [4.69, 9.17) is 0 Å². The number of carboxylic acid groups (broad SMARTS) is 2. The number of carboxylic acids is 2. The summed E-state index contributed by atoms with van der Waals surface area (Å²) >= 11 is 0. The first-order valence-electron chi connectivity index (χ1n) is 13.1. The Morgan fingerprint density at radius 1 is 0.606 bits per heavy atom. The summed E-state index contributed by atoms with van der Waals surface area (Å²) < 4.78 is -0.00336. The van der Waals surface area contributed by atoms with E-state index >= 15 is 0 Å². The molecule has 0 saturated heterocycles. The lowest BCUT2D eigenvalue weighted by molar-refractivity contribution is -0.922. The Hall–Kier alpha value is -1.18. The first-order chi connectivity index (χ1) is 15.6. The maximum atomic E-state index is 12.9. The van der Waals surface area contributed by atoms with Crippen molar-refractivity contribution in [2.75, 3.05) is 34.4 Å². The summed E-state index contributed by atoms with van der Waals surface area (Å²) in [6, 6.07) is 0. The SMILES string of the molecule is CCCCCCCCCCCCC(C(=O)O)(C(CCCO)(CCCCO)C(=O)O)[N+](C)(C)C. The van der Waals surface area contributed by atoms with Crippen LogP contribution in [0.3, 0.4) is 0 Å². The molecular weight excluding hydrogens is 422 g/mol. The molecule has 0 spiro atoms. The fourth-order valence-corrected chi connectivity index (χ4v) is 5.53. The quantitative estimate of drug-likeness (QED) is 0.132. The van der Waals surface area contributed by atoms with Gasteiger partial charge in [0.1, 0.15) is 5.41 Å². The topological polar surface area (TPSA) is 115 Å². The van der Waals surface area contributed by atoms with Gasteiger partial charge in [-0.2, -0.15) is 0 Å². The van der Waals surface area contributed by atoms with Crippen LogP contribution in [-0.2, 0) is 9.59 Å². The van der Waals surface area contributed by atoms with Gasteiger partial charge in [-0.25, -0.2) is 4.79 Å². The molecule has 0 amide bonds. The molecule has 7 nitrogen and oxygen atoms in total. The third kappa shape index (κ3) is 9.18. The Labute approximate surface area is 201 Å². The van der Waals surface area contributed by atoms with Gasteiger partial charge in [0.05, 0.1) is 21.1 Å². The van der Waals surface area contributed by atoms with Gasteiger partial charge in [-0.1, -0.05) is 64.7 Å². The Kier molecular flexibility index (Phi) is 15.9. The maximum absolute atomic E-state index is 12.9. The molecule has 0 aromatic heterocycles. The van der Waals surface area contributed by atoms with Gasteiger partial charge < -0.3 is 24.9 Å². The lowest BCUT2D eigenvalue weighted by Crippen LogP contribution is -2.72. The average Bonchev–Trinajstić information content (AvgIpc) is 2.73. The second-order valence-electron chi connectivity index (χ2n) is 10.5. The molecule has 0 aromatic carbocycles. The lowest BCUT2D eigenvalue weighted by Gasteiger charge is -2.52. The van der Waals surface area contributed by atoms with E-state index < -0.39 is 22.9 Å². The van der Waals surface area contributed by atoms with Crippen LogP contribution in [0.2, 0.25) is 0 Å². The Morgan fingerprint density at radius 3 is 1.42 bits per heavy atom. The van der Waals surface area contributed by atoms with E-state index in [9.17, 15) is 30.0 Å². The number of aliphatic hydroxyl groups excluding tert-OH is 2. The number of aliphatic hydroxyl groups is 2. The molecule has 4 N–H and O–H groups in total. The lowest BCUT2D eigenvalue weighted by atomic mass is 9.60. The largest absolute Gasteiger partial charge is 0.481 e. The summed E-state index contributed by atoms with van der Waals surface area (Å²) in [5, 5.41) is 39.7. The number of rotatable bonds is 22. The van der Waals surface area contributed by atoms with Gasteiger partial charge in [0, 0.05) is 19.6 Å². The van der Waals surface area contributed by atoms with Gasteiger partial charge in [-0.15, -0.1) is 0 Å². The molecule has 0 aliphatic carbocycles. The summed E-state index contributed by atoms with van der Waals surface area (Å²) in [5.41, 5.74) is -3.04. The van der Waals surface area contributed by atoms with Crippen LogP contribution in [-0.4, -0.2) is 76.7 Å². The average molecular weight is 475 g/mol. The van der Waals surface area contributed by atoms with E-state index in [1.165, 1.54) is 38.5 Å². The van der Waals surface area contributed by atoms with Crippen LogP contribution in [0, 0.1) is 5.41 Å². The number of carbonyl (C=O) groups is 2. The highest BCUT2D eigenvalue weighted by Gasteiger charge is 2.68. The Bertz CT molecular complexity index is 547. The van der Waals surface area contributed by atoms with Crippen molar-refractivity contribution >= 4 is 11.9 Å². The van der Waals surface area contributed by atoms with Gasteiger partial charge in [0.15, 0.2) is 0 Å². The van der Waals surface area contributed by atoms with Crippen LogP contribution in [0.4, 0.5) is 0 Å². The summed E-state index contributed by atoms with van der Waals surface area (Å²) in [7, 11) is 5.31. The van der Waals surface area contributed by atoms with Crippen LogP contribution in [0.5, 0.6) is 0 Å². The van der Waals surface area contributed by atoms with Crippen molar-refractivity contribution in [3.63, 3.8) is 0 Å². The first kappa shape index (κ1) is 31.8. The van der Waals surface area contributed by atoms with Crippen LogP contribution < -0.4 is 0 Å². The number of quaternary nitrogens is 1. The second-order valence-corrected chi connectivity index (χ2v) is 10.5. The van der Waals surface area contributed by atoms with Crippen molar-refractivity contribution in [1.82, 2.24) is 0 Å². The van der Waals surface area contributed by atoms with Crippen molar-refractivity contribution < 1.29 is 34.5 Å². The Morgan fingerprint density at radius 2 is 1.03 bits per heavy atom. The zero-order chi connectivity index (χ0) is 25.4. The standard InChI is InChI=1S/C26H51NO6/c1-5-6-7-8-9-10-11-12-13-14-20-26(24(32)33,27(2,3)4)25(23(30)31,19-17-22-29)18-15-16-21-28/h28-29H,5-22H2,1-4H3,(H-,30,31,32,33)/p+1. The van der Waals surface area contributed by atoms with E-state index in [-0.39, 0.29) is 43.4 Å². The van der Waals surface area contributed by atoms with Crippen LogP contribution >= 0.6 is 0 Å². The van der Waals surface area contributed by atoms with E-state index in [0.717, 1.165) is 19.3 Å². The predicted molar refractivity (Wildman–Crippen MR) is 132 cm³/mol. The molecule has 0 fully saturated rings. The number of likely N-dealkylation sites (N-methyl/N-ethyl adjacent to an activating group) is 1. The van der Waals surface area contributed by atoms with Crippen molar-refractivity contribution in [2.45, 2.75) is 115 Å². The normalized spacial score (nSPS) is 15.7. The predicted octanol–water partition coefficient (Wildman–Crippen LogP) is 4.83. The van der Waals surface area contributed by atoms with E-state index in [2.05, 4.69) is 6.92 Å². The van der Waals surface area contributed by atoms with Gasteiger partial charge in [-0.3, -0.25) is 4.79 Å². The molecule has 2 atom stereocenters.